The van der Waals surface area contributed by atoms with Gasteiger partial charge in [0.1, 0.15) is 11.6 Å². The van der Waals surface area contributed by atoms with Crippen LogP contribution in [0.25, 0.3) is 0 Å². The van der Waals surface area contributed by atoms with Crippen molar-refractivity contribution in [2.75, 3.05) is 39.0 Å². The number of fused-ring (bicyclic) bond motifs is 1. The van der Waals surface area contributed by atoms with Gasteiger partial charge in [-0.2, -0.15) is 0 Å². The number of hydrogen-bond acceptors (Lipinski definition) is 4. The Labute approximate surface area is 123 Å². The third-order valence-electron chi connectivity index (χ3n) is 4.42. The molecule has 2 aliphatic rings. The van der Waals surface area contributed by atoms with Crippen LogP contribution in [0.5, 0.6) is 5.75 Å². The summed E-state index contributed by atoms with van der Waals surface area (Å²) < 4.78 is 19.1. The molecule has 2 saturated heterocycles. The van der Waals surface area contributed by atoms with Crippen LogP contribution < -0.4 is 10.5 Å². The smallest absolute Gasteiger partial charge is 0.257 e. The van der Waals surface area contributed by atoms with Gasteiger partial charge in [-0.3, -0.25) is 9.69 Å². The summed E-state index contributed by atoms with van der Waals surface area (Å²) >= 11 is 0. The molecule has 3 rings (SSSR count). The Morgan fingerprint density at radius 2 is 2.19 bits per heavy atom. The van der Waals surface area contributed by atoms with Crippen molar-refractivity contribution in [2.24, 2.45) is 0 Å². The molecule has 1 unspecified atom stereocenters. The van der Waals surface area contributed by atoms with Crippen molar-refractivity contribution >= 4 is 11.6 Å². The Balaban J connectivity index is 1.82. The zero-order chi connectivity index (χ0) is 15.0. The van der Waals surface area contributed by atoms with Crippen molar-refractivity contribution in [1.82, 2.24) is 9.80 Å². The molecule has 6 heteroatoms. The number of nitrogen functional groups attached to an aromatic ring is 1. The number of nitrogens with two attached hydrogens (primary N) is 1. The Bertz CT molecular complexity index is 564. The average molecular weight is 293 g/mol. The second kappa shape index (κ2) is 5.52. The lowest BCUT2D eigenvalue weighted by Gasteiger charge is -2.37. The van der Waals surface area contributed by atoms with Gasteiger partial charge in [0.25, 0.3) is 5.91 Å². The second-order valence-corrected chi connectivity index (χ2v) is 5.66. The van der Waals surface area contributed by atoms with Gasteiger partial charge in [0, 0.05) is 31.7 Å². The van der Waals surface area contributed by atoms with Crippen LogP contribution in [-0.4, -0.2) is 55.0 Å². The molecule has 1 amide bonds. The van der Waals surface area contributed by atoms with Gasteiger partial charge in [0.15, 0.2) is 0 Å². The molecule has 0 saturated carbocycles. The Morgan fingerprint density at radius 1 is 1.38 bits per heavy atom. The predicted molar refractivity (Wildman–Crippen MR) is 77.9 cm³/mol. The van der Waals surface area contributed by atoms with Gasteiger partial charge in [-0.1, -0.05) is 0 Å². The SMILES string of the molecule is COc1cc(C(=O)N2CCN3CCCC3C2)c(F)cc1N. The van der Waals surface area contributed by atoms with Gasteiger partial charge in [0.2, 0.25) is 0 Å². The van der Waals surface area contributed by atoms with E-state index in [1.54, 1.807) is 4.90 Å². The largest absolute Gasteiger partial charge is 0.495 e. The van der Waals surface area contributed by atoms with Crippen LogP contribution in [0.1, 0.15) is 23.2 Å². The molecule has 0 bridgehead atoms. The molecular weight excluding hydrogens is 273 g/mol. The lowest BCUT2D eigenvalue weighted by atomic mass is 10.1. The minimum absolute atomic E-state index is 0.0347. The molecular formula is C15H20FN3O2. The molecule has 0 spiro atoms. The lowest BCUT2D eigenvalue weighted by Crippen LogP contribution is -2.52. The number of ether oxygens (including phenoxy) is 1. The van der Waals surface area contributed by atoms with Crippen molar-refractivity contribution in [2.45, 2.75) is 18.9 Å². The molecule has 2 N–H and O–H groups in total. The number of rotatable bonds is 2. The number of nitrogens with zero attached hydrogens (tertiary/aromatic N) is 2. The molecule has 1 aromatic carbocycles. The zero-order valence-electron chi connectivity index (χ0n) is 12.1. The summed E-state index contributed by atoms with van der Waals surface area (Å²) in [7, 11) is 1.45. The Kier molecular flexibility index (Phi) is 3.71. The van der Waals surface area contributed by atoms with Crippen LogP contribution in [0.2, 0.25) is 0 Å². The maximum atomic E-state index is 14.0. The molecule has 0 aliphatic carbocycles. The number of carbonyl (C=O) groups is 1. The quantitative estimate of drug-likeness (QED) is 0.836. The maximum absolute atomic E-state index is 14.0. The number of anilines is 1. The van der Waals surface area contributed by atoms with E-state index in [-0.39, 0.29) is 17.2 Å². The summed E-state index contributed by atoms with van der Waals surface area (Å²) in [4.78, 5) is 16.7. The van der Waals surface area contributed by atoms with Gasteiger partial charge >= 0.3 is 0 Å². The van der Waals surface area contributed by atoms with E-state index in [2.05, 4.69) is 4.90 Å². The van der Waals surface area contributed by atoms with Crippen molar-refractivity contribution < 1.29 is 13.9 Å². The maximum Gasteiger partial charge on any atom is 0.257 e. The van der Waals surface area contributed by atoms with Crippen LogP contribution in [0.15, 0.2) is 12.1 Å². The number of benzene rings is 1. The molecule has 114 valence electrons. The summed E-state index contributed by atoms with van der Waals surface area (Å²) in [5.74, 6) is -0.538. The third kappa shape index (κ3) is 2.55. The first kappa shape index (κ1) is 14.1. The number of carbonyl (C=O) groups excluding carboxylic acids is 1. The second-order valence-electron chi connectivity index (χ2n) is 5.66. The molecule has 1 aromatic rings. The number of halogens is 1. The highest BCUT2D eigenvalue weighted by Gasteiger charge is 2.33. The van der Waals surface area contributed by atoms with Crippen LogP contribution in [0, 0.1) is 5.82 Å². The van der Waals surface area contributed by atoms with Crippen molar-refractivity contribution in [3.05, 3.63) is 23.5 Å². The number of hydrogen-bond donors (Lipinski definition) is 1. The molecule has 2 fully saturated rings. The number of piperazine rings is 1. The lowest BCUT2D eigenvalue weighted by molar-refractivity contribution is 0.0566. The molecule has 5 nitrogen and oxygen atoms in total. The first-order valence-corrected chi connectivity index (χ1v) is 7.26. The number of methoxy groups -OCH3 is 1. The minimum Gasteiger partial charge on any atom is -0.495 e. The molecule has 2 aliphatic heterocycles. The van der Waals surface area contributed by atoms with Gasteiger partial charge in [0.05, 0.1) is 18.4 Å². The molecule has 0 radical (unpaired) electrons. The van der Waals surface area contributed by atoms with Crippen LogP contribution in [0.4, 0.5) is 10.1 Å². The van der Waals surface area contributed by atoms with E-state index in [9.17, 15) is 9.18 Å². The Hall–Kier alpha value is -1.82. The predicted octanol–water partition coefficient (Wildman–Crippen LogP) is 1.34. The van der Waals surface area contributed by atoms with Crippen LogP contribution in [0.3, 0.4) is 0 Å². The van der Waals surface area contributed by atoms with Crippen LogP contribution >= 0.6 is 0 Å². The Morgan fingerprint density at radius 3 is 2.95 bits per heavy atom. The summed E-state index contributed by atoms with van der Waals surface area (Å²) in [6, 6.07) is 2.97. The van der Waals surface area contributed by atoms with Crippen LogP contribution in [-0.2, 0) is 0 Å². The highest BCUT2D eigenvalue weighted by molar-refractivity contribution is 5.95. The zero-order valence-corrected chi connectivity index (χ0v) is 12.1. The fourth-order valence-electron chi connectivity index (χ4n) is 3.26. The van der Waals surface area contributed by atoms with Gasteiger partial charge < -0.3 is 15.4 Å². The normalized spacial score (nSPS) is 22.2. The van der Waals surface area contributed by atoms with Gasteiger partial charge in [-0.25, -0.2) is 4.39 Å². The van der Waals surface area contributed by atoms with Gasteiger partial charge in [-0.15, -0.1) is 0 Å². The van der Waals surface area contributed by atoms with E-state index < -0.39 is 5.82 Å². The highest BCUT2D eigenvalue weighted by atomic mass is 19.1. The van der Waals surface area contributed by atoms with E-state index in [4.69, 9.17) is 10.5 Å². The first-order chi connectivity index (χ1) is 10.1. The number of amides is 1. The summed E-state index contributed by atoms with van der Waals surface area (Å²) in [6.45, 7) is 3.29. The minimum atomic E-state index is -0.591. The molecule has 2 heterocycles. The van der Waals surface area contributed by atoms with Crippen molar-refractivity contribution in [3.8, 4) is 5.75 Å². The highest BCUT2D eigenvalue weighted by Crippen LogP contribution is 2.27. The van der Waals surface area contributed by atoms with Gasteiger partial charge in [-0.05, 0) is 25.5 Å². The van der Waals surface area contributed by atoms with E-state index in [1.807, 2.05) is 0 Å². The molecule has 1 atom stereocenters. The van der Waals surface area contributed by atoms with E-state index in [0.29, 0.717) is 24.9 Å². The molecule has 21 heavy (non-hydrogen) atoms. The first-order valence-electron chi connectivity index (χ1n) is 7.26. The fourth-order valence-corrected chi connectivity index (χ4v) is 3.26. The topological polar surface area (TPSA) is 58.8 Å². The van der Waals surface area contributed by atoms with E-state index >= 15 is 0 Å². The molecule has 0 aromatic heterocycles. The third-order valence-corrected chi connectivity index (χ3v) is 4.42. The summed E-state index contributed by atoms with van der Waals surface area (Å²) in [5.41, 5.74) is 5.89. The average Bonchev–Trinajstić information content (AvgIpc) is 2.94. The summed E-state index contributed by atoms with van der Waals surface area (Å²) in [6.07, 6.45) is 2.29. The van der Waals surface area contributed by atoms with E-state index in [1.165, 1.54) is 19.6 Å². The monoisotopic (exact) mass is 293 g/mol. The van der Waals surface area contributed by atoms with Crippen molar-refractivity contribution in [1.29, 1.82) is 0 Å². The standard InChI is InChI=1S/C15H20FN3O2/c1-21-14-7-11(12(16)8-13(14)17)15(20)19-6-5-18-4-2-3-10(18)9-19/h7-8,10H,2-6,9,17H2,1H3. The fraction of sp³-hybridized carbons (Fsp3) is 0.533. The van der Waals surface area contributed by atoms with E-state index in [0.717, 1.165) is 25.6 Å². The summed E-state index contributed by atoms with van der Waals surface area (Å²) in [5, 5.41) is 0. The van der Waals surface area contributed by atoms with Crippen molar-refractivity contribution in [3.63, 3.8) is 0 Å².